The average molecular weight is 485 g/mol. The fourth-order valence-electron chi connectivity index (χ4n) is 3.64. The van der Waals surface area contributed by atoms with Gasteiger partial charge in [-0.25, -0.2) is 13.2 Å². The summed E-state index contributed by atoms with van der Waals surface area (Å²) in [6.07, 6.45) is 5.32. The van der Waals surface area contributed by atoms with Gasteiger partial charge in [0.25, 0.3) is 0 Å². The van der Waals surface area contributed by atoms with Crippen molar-refractivity contribution in [1.29, 1.82) is 0 Å². The predicted octanol–water partition coefficient (Wildman–Crippen LogP) is 4.25. The number of fused-ring (bicyclic) bond motifs is 1. The zero-order chi connectivity index (χ0) is 22.6. The summed E-state index contributed by atoms with van der Waals surface area (Å²) >= 11 is 7.31. The molecule has 0 saturated heterocycles. The maximum absolute atomic E-state index is 12.6. The second-order valence-corrected chi connectivity index (χ2v) is 10.8. The number of hydrogen-bond acceptors (Lipinski definition) is 6. The summed E-state index contributed by atoms with van der Waals surface area (Å²) in [5, 5.41) is 3.86. The first-order valence-corrected chi connectivity index (χ1v) is 13.0. The lowest BCUT2D eigenvalue weighted by Crippen LogP contribution is -2.31. The minimum atomic E-state index is -3.51. The molecule has 1 heterocycles. The smallest absolute Gasteiger partial charge is 0.341 e. The van der Waals surface area contributed by atoms with E-state index in [1.54, 1.807) is 24.3 Å². The van der Waals surface area contributed by atoms with Crippen LogP contribution in [0.2, 0.25) is 5.02 Å². The van der Waals surface area contributed by atoms with Crippen LogP contribution in [0, 0.1) is 0 Å². The summed E-state index contributed by atoms with van der Waals surface area (Å²) in [7, 11) is -2.18. The van der Waals surface area contributed by atoms with Gasteiger partial charge in [-0.1, -0.05) is 11.6 Å². The van der Waals surface area contributed by atoms with Gasteiger partial charge >= 0.3 is 5.97 Å². The van der Waals surface area contributed by atoms with E-state index in [4.69, 9.17) is 16.3 Å². The molecule has 168 valence electrons. The highest BCUT2D eigenvalue weighted by Crippen LogP contribution is 2.38. The summed E-state index contributed by atoms with van der Waals surface area (Å²) in [6.45, 7) is 0.151. The molecular formula is C21H25ClN2O5S2. The monoisotopic (exact) mass is 484 g/mol. The van der Waals surface area contributed by atoms with Crippen LogP contribution in [0.15, 0.2) is 24.3 Å². The summed E-state index contributed by atoms with van der Waals surface area (Å²) < 4.78 is 30.6. The van der Waals surface area contributed by atoms with Gasteiger partial charge in [0.2, 0.25) is 15.9 Å². The van der Waals surface area contributed by atoms with E-state index in [1.165, 1.54) is 22.8 Å². The van der Waals surface area contributed by atoms with Crippen molar-refractivity contribution in [3.63, 3.8) is 0 Å². The molecule has 1 aromatic carbocycles. The average Bonchev–Trinajstić information content (AvgIpc) is 3.08. The molecule has 1 aromatic heterocycles. The number of aryl methyl sites for hydroxylation is 1. The van der Waals surface area contributed by atoms with Gasteiger partial charge in [-0.2, -0.15) is 0 Å². The first-order chi connectivity index (χ1) is 14.7. The lowest BCUT2D eigenvalue weighted by atomic mass is 9.95. The molecule has 0 fully saturated rings. The summed E-state index contributed by atoms with van der Waals surface area (Å²) in [5.74, 6) is -0.714. The van der Waals surface area contributed by atoms with Crippen LogP contribution < -0.4 is 9.62 Å². The number of thiophene rings is 1. The molecule has 1 N–H and O–H groups in total. The van der Waals surface area contributed by atoms with Gasteiger partial charge < -0.3 is 10.1 Å². The van der Waals surface area contributed by atoms with Crippen LogP contribution in [-0.2, 0) is 32.4 Å². The normalized spacial score (nSPS) is 13.4. The van der Waals surface area contributed by atoms with Crippen molar-refractivity contribution < 1.29 is 22.7 Å². The number of amides is 1. The number of ether oxygens (including phenoxy) is 1. The van der Waals surface area contributed by atoms with E-state index in [9.17, 15) is 18.0 Å². The van der Waals surface area contributed by atoms with Crippen LogP contribution in [-0.4, -0.2) is 40.2 Å². The highest BCUT2D eigenvalue weighted by Gasteiger charge is 2.27. The molecule has 0 atom stereocenters. The number of rotatable bonds is 8. The number of anilines is 2. The number of nitrogens with zero attached hydrogens (tertiary/aromatic N) is 1. The third-order valence-corrected chi connectivity index (χ3v) is 7.75. The number of carbonyl (C=O) groups excluding carboxylic acids is 2. The van der Waals surface area contributed by atoms with Gasteiger partial charge in [-0.15, -0.1) is 11.3 Å². The van der Waals surface area contributed by atoms with Crippen LogP contribution >= 0.6 is 22.9 Å². The Morgan fingerprint density at radius 3 is 2.52 bits per heavy atom. The molecule has 31 heavy (non-hydrogen) atoms. The Balaban J connectivity index is 1.66. The lowest BCUT2D eigenvalue weighted by molar-refractivity contribution is -0.116. The second-order valence-electron chi connectivity index (χ2n) is 7.37. The molecule has 1 aliphatic carbocycles. The number of halogens is 1. The molecule has 0 spiro atoms. The van der Waals surface area contributed by atoms with Gasteiger partial charge in [0.05, 0.1) is 24.6 Å². The molecule has 0 bridgehead atoms. The topological polar surface area (TPSA) is 92.8 Å². The molecule has 10 heteroatoms. The Kier molecular flexibility index (Phi) is 7.61. The van der Waals surface area contributed by atoms with Crippen LogP contribution in [0.4, 0.5) is 10.7 Å². The SMILES string of the molecule is COC(=O)c1c(NC(=O)CCCN(c2ccc(Cl)cc2)S(C)(=O)=O)sc2c1CCCC2. The maximum atomic E-state index is 12.6. The Morgan fingerprint density at radius 2 is 1.87 bits per heavy atom. The van der Waals surface area contributed by atoms with E-state index in [-0.39, 0.29) is 18.9 Å². The summed E-state index contributed by atoms with van der Waals surface area (Å²) in [4.78, 5) is 26.0. The molecule has 0 saturated carbocycles. The molecule has 7 nitrogen and oxygen atoms in total. The molecule has 0 unspecified atom stereocenters. The zero-order valence-corrected chi connectivity index (χ0v) is 19.8. The lowest BCUT2D eigenvalue weighted by Gasteiger charge is -2.22. The minimum Gasteiger partial charge on any atom is -0.465 e. The Hall–Kier alpha value is -2.10. The molecule has 0 radical (unpaired) electrons. The predicted molar refractivity (Wildman–Crippen MR) is 124 cm³/mol. The molecule has 1 amide bonds. The van der Waals surface area contributed by atoms with E-state index in [0.717, 1.165) is 42.4 Å². The van der Waals surface area contributed by atoms with Gasteiger partial charge in [0.15, 0.2) is 0 Å². The number of methoxy groups -OCH3 is 1. The van der Waals surface area contributed by atoms with Crippen LogP contribution in [0.5, 0.6) is 0 Å². The van der Waals surface area contributed by atoms with Crippen molar-refractivity contribution in [1.82, 2.24) is 0 Å². The molecule has 1 aliphatic rings. The molecular weight excluding hydrogens is 460 g/mol. The van der Waals surface area contributed by atoms with Crippen molar-refractivity contribution in [2.45, 2.75) is 38.5 Å². The van der Waals surface area contributed by atoms with Gasteiger partial charge in [-0.3, -0.25) is 9.10 Å². The first-order valence-electron chi connectivity index (χ1n) is 9.96. The third-order valence-electron chi connectivity index (χ3n) is 5.09. The summed E-state index contributed by atoms with van der Waals surface area (Å²) in [6, 6.07) is 6.49. The summed E-state index contributed by atoms with van der Waals surface area (Å²) in [5.41, 5.74) is 1.92. The maximum Gasteiger partial charge on any atom is 0.341 e. The number of hydrogen-bond donors (Lipinski definition) is 1. The fourth-order valence-corrected chi connectivity index (χ4v) is 6.02. The van der Waals surface area contributed by atoms with Crippen LogP contribution in [0.1, 0.15) is 46.5 Å². The van der Waals surface area contributed by atoms with Gasteiger partial charge in [0.1, 0.15) is 5.00 Å². The number of benzene rings is 1. The first kappa shape index (κ1) is 23.6. The van der Waals surface area contributed by atoms with E-state index in [2.05, 4.69) is 5.32 Å². The number of carbonyl (C=O) groups is 2. The van der Waals surface area contributed by atoms with Crippen molar-refractivity contribution in [2.24, 2.45) is 0 Å². The van der Waals surface area contributed by atoms with E-state index in [0.29, 0.717) is 27.7 Å². The molecule has 3 rings (SSSR count). The minimum absolute atomic E-state index is 0.114. The Morgan fingerprint density at radius 1 is 1.19 bits per heavy atom. The van der Waals surface area contributed by atoms with Crippen LogP contribution in [0.3, 0.4) is 0 Å². The molecule has 0 aliphatic heterocycles. The largest absolute Gasteiger partial charge is 0.465 e. The van der Waals surface area contributed by atoms with E-state index in [1.807, 2.05) is 0 Å². The van der Waals surface area contributed by atoms with Crippen molar-refractivity contribution >= 4 is 55.5 Å². The van der Waals surface area contributed by atoms with E-state index < -0.39 is 16.0 Å². The van der Waals surface area contributed by atoms with Gasteiger partial charge in [0, 0.05) is 22.9 Å². The number of nitrogens with one attached hydrogen (secondary N) is 1. The molecule has 2 aromatic rings. The second kappa shape index (κ2) is 10.0. The van der Waals surface area contributed by atoms with Crippen molar-refractivity contribution in [2.75, 3.05) is 29.5 Å². The standard InChI is InChI=1S/C21H25ClN2O5S2/c1-29-21(26)19-16-6-3-4-7-17(16)30-20(19)23-18(25)8-5-13-24(31(2,27)28)15-11-9-14(22)10-12-15/h9-12H,3-8,13H2,1-2H3,(H,23,25). The highest BCUT2D eigenvalue weighted by atomic mass is 35.5. The quantitative estimate of drug-likeness (QED) is 0.565. The third kappa shape index (κ3) is 5.78. The Labute approximate surface area is 191 Å². The van der Waals surface area contributed by atoms with E-state index >= 15 is 0 Å². The number of sulfonamides is 1. The Bertz CT molecular complexity index is 1060. The van der Waals surface area contributed by atoms with Crippen molar-refractivity contribution in [3.8, 4) is 0 Å². The van der Waals surface area contributed by atoms with Gasteiger partial charge in [-0.05, 0) is 61.9 Å². The zero-order valence-electron chi connectivity index (χ0n) is 17.4. The fraction of sp³-hybridized carbons (Fsp3) is 0.429. The highest BCUT2D eigenvalue weighted by molar-refractivity contribution is 7.92. The van der Waals surface area contributed by atoms with Crippen LogP contribution in [0.25, 0.3) is 0 Å². The number of esters is 1. The van der Waals surface area contributed by atoms with Crippen molar-refractivity contribution in [3.05, 3.63) is 45.3 Å².